The Morgan fingerprint density at radius 3 is 2.61 bits per heavy atom. The van der Waals surface area contributed by atoms with Crippen molar-refractivity contribution in [2.24, 2.45) is 5.92 Å². The zero-order chi connectivity index (χ0) is 13.0. The van der Waals surface area contributed by atoms with E-state index < -0.39 is 6.10 Å². The van der Waals surface area contributed by atoms with Crippen LogP contribution in [0.25, 0.3) is 0 Å². The number of ketones is 1. The molecule has 0 unspecified atom stereocenters. The van der Waals surface area contributed by atoms with Gasteiger partial charge in [0.1, 0.15) is 5.78 Å². The first kappa shape index (κ1) is 12.8. The van der Waals surface area contributed by atoms with E-state index in [0.29, 0.717) is 12.0 Å². The number of carbonyl (C=O) groups excluding carboxylic acids is 1. The monoisotopic (exact) mass is 243 g/mol. The summed E-state index contributed by atoms with van der Waals surface area (Å²) in [6.07, 6.45) is 3.63. The summed E-state index contributed by atoms with van der Waals surface area (Å²) in [5.74, 6) is -0.107. The summed E-state index contributed by atoms with van der Waals surface area (Å²) in [4.78, 5) is 11.9. The van der Waals surface area contributed by atoms with Crippen LogP contribution in [0.5, 0.6) is 0 Å². The zero-order valence-corrected chi connectivity index (χ0v) is 10.3. The molecule has 3 heteroatoms. The Hall–Kier alpha value is -1.66. The molecule has 0 aromatic heterocycles. The highest BCUT2D eigenvalue weighted by Crippen LogP contribution is 2.31. The van der Waals surface area contributed by atoms with Gasteiger partial charge in [-0.25, -0.2) is 0 Å². The molecule has 2 atom stereocenters. The van der Waals surface area contributed by atoms with Gasteiger partial charge >= 0.3 is 0 Å². The molecule has 3 nitrogen and oxygen atoms in total. The Labute approximate surface area is 107 Å². The first-order valence-electron chi connectivity index (χ1n) is 6.43. The van der Waals surface area contributed by atoms with Gasteiger partial charge in [-0.05, 0) is 30.5 Å². The van der Waals surface area contributed by atoms with E-state index in [-0.39, 0.29) is 11.7 Å². The molecule has 18 heavy (non-hydrogen) atoms. The molecule has 1 aromatic rings. The predicted molar refractivity (Wildman–Crippen MR) is 67.7 cm³/mol. The van der Waals surface area contributed by atoms with Gasteiger partial charge in [-0.2, -0.15) is 5.26 Å². The standard InChI is InChI=1S/C15H17NO2/c16-10-11-6-8-12(9-7-11)15(18)13-4-2-1-3-5-14(13)17/h6-9,13,15,18H,1-5H2/t13-,15-/m0/s1. The summed E-state index contributed by atoms with van der Waals surface area (Å²) >= 11 is 0. The molecule has 1 aliphatic rings. The lowest BCUT2D eigenvalue weighted by molar-refractivity contribution is -0.126. The van der Waals surface area contributed by atoms with Crippen LogP contribution in [0.1, 0.15) is 49.3 Å². The molecule has 0 radical (unpaired) electrons. The number of rotatable bonds is 2. The van der Waals surface area contributed by atoms with Crippen molar-refractivity contribution < 1.29 is 9.90 Å². The van der Waals surface area contributed by atoms with Crippen LogP contribution < -0.4 is 0 Å². The van der Waals surface area contributed by atoms with Crippen molar-refractivity contribution in [2.75, 3.05) is 0 Å². The third-order valence-electron chi connectivity index (χ3n) is 3.61. The van der Waals surface area contributed by atoms with Crippen molar-refractivity contribution in [3.63, 3.8) is 0 Å². The number of benzene rings is 1. The van der Waals surface area contributed by atoms with Crippen molar-refractivity contribution in [1.82, 2.24) is 0 Å². The van der Waals surface area contributed by atoms with E-state index in [9.17, 15) is 9.90 Å². The van der Waals surface area contributed by atoms with E-state index in [1.54, 1.807) is 24.3 Å². The summed E-state index contributed by atoms with van der Waals surface area (Å²) < 4.78 is 0. The van der Waals surface area contributed by atoms with Crippen LogP contribution in [0, 0.1) is 17.2 Å². The van der Waals surface area contributed by atoms with Crippen LogP contribution in [-0.2, 0) is 4.79 Å². The maximum Gasteiger partial charge on any atom is 0.138 e. The van der Waals surface area contributed by atoms with Gasteiger partial charge in [0.15, 0.2) is 0 Å². The predicted octanol–water partition coefficient (Wildman–Crippen LogP) is 2.74. The number of carbonyl (C=O) groups is 1. The van der Waals surface area contributed by atoms with Crippen LogP contribution in [0.15, 0.2) is 24.3 Å². The maximum atomic E-state index is 11.9. The number of nitrogens with zero attached hydrogens (tertiary/aromatic N) is 1. The van der Waals surface area contributed by atoms with Gasteiger partial charge < -0.3 is 5.11 Å². The first-order valence-corrected chi connectivity index (χ1v) is 6.43. The Balaban J connectivity index is 2.15. The second-order valence-corrected chi connectivity index (χ2v) is 4.85. The molecule has 2 rings (SSSR count). The highest BCUT2D eigenvalue weighted by atomic mass is 16.3. The summed E-state index contributed by atoms with van der Waals surface area (Å²) in [5.41, 5.74) is 1.30. The Kier molecular flexibility index (Phi) is 4.11. The molecule has 0 aliphatic heterocycles. The fourth-order valence-corrected chi connectivity index (χ4v) is 2.51. The van der Waals surface area contributed by atoms with Crippen LogP contribution in [-0.4, -0.2) is 10.9 Å². The van der Waals surface area contributed by atoms with Crippen molar-refractivity contribution in [2.45, 2.75) is 38.2 Å². The number of nitriles is 1. The normalized spacial score (nSPS) is 22.0. The van der Waals surface area contributed by atoms with Crippen molar-refractivity contribution in [1.29, 1.82) is 5.26 Å². The molecule has 0 spiro atoms. The number of aliphatic hydroxyl groups excluding tert-OH is 1. The zero-order valence-electron chi connectivity index (χ0n) is 10.3. The molecular weight excluding hydrogens is 226 g/mol. The van der Waals surface area contributed by atoms with Crippen LogP contribution >= 0.6 is 0 Å². The summed E-state index contributed by atoms with van der Waals surface area (Å²) in [6.45, 7) is 0. The number of hydrogen-bond donors (Lipinski definition) is 1. The van der Waals surface area contributed by atoms with E-state index >= 15 is 0 Å². The summed E-state index contributed by atoms with van der Waals surface area (Å²) in [6, 6.07) is 8.88. The topological polar surface area (TPSA) is 61.1 Å². The van der Waals surface area contributed by atoms with Crippen molar-refractivity contribution in [3.05, 3.63) is 35.4 Å². The van der Waals surface area contributed by atoms with E-state index in [1.165, 1.54) is 0 Å². The van der Waals surface area contributed by atoms with Gasteiger partial charge in [-0.1, -0.05) is 25.0 Å². The molecule has 1 saturated carbocycles. The van der Waals surface area contributed by atoms with Gasteiger partial charge in [0.05, 0.1) is 17.7 Å². The van der Waals surface area contributed by atoms with Crippen molar-refractivity contribution in [3.8, 4) is 6.07 Å². The Morgan fingerprint density at radius 2 is 1.94 bits per heavy atom. The van der Waals surface area contributed by atoms with E-state index in [1.807, 2.05) is 6.07 Å². The molecule has 0 bridgehead atoms. The Bertz CT molecular complexity index is 458. The molecule has 0 saturated heterocycles. The number of hydrogen-bond acceptors (Lipinski definition) is 3. The number of aliphatic hydroxyl groups is 1. The fraction of sp³-hybridized carbons (Fsp3) is 0.467. The third-order valence-corrected chi connectivity index (χ3v) is 3.61. The van der Waals surface area contributed by atoms with Gasteiger partial charge in [0.25, 0.3) is 0 Å². The maximum absolute atomic E-state index is 11.9. The van der Waals surface area contributed by atoms with E-state index in [0.717, 1.165) is 31.2 Å². The average molecular weight is 243 g/mol. The highest BCUT2D eigenvalue weighted by molar-refractivity contribution is 5.81. The summed E-state index contributed by atoms with van der Waals surface area (Å²) in [7, 11) is 0. The molecule has 94 valence electrons. The Morgan fingerprint density at radius 1 is 1.22 bits per heavy atom. The molecule has 1 fully saturated rings. The third kappa shape index (κ3) is 2.77. The largest absolute Gasteiger partial charge is 0.388 e. The molecule has 1 aliphatic carbocycles. The van der Waals surface area contributed by atoms with E-state index in [2.05, 4.69) is 0 Å². The molecule has 1 N–H and O–H groups in total. The minimum absolute atomic E-state index is 0.171. The lowest BCUT2D eigenvalue weighted by Gasteiger charge is -2.20. The summed E-state index contributed by atoms with van der Waals surface area (Å²) in [5, 5.41) is 19.0. The van der Waals surface area contributed by atoms with Crippen LogP contribution in [0.3, 0.4) is 0 Å². The highest BCUT2D eigenvalue weighted by Gasteiger charge is 2.28. The minimum atomic E-state index is -0.733. The smallest absolute Gasteiger partial charge is 0.138 e. The SMILES string of the molecule is N#Cc1ccc([C@H](O)[C@H]2CCCCCC2=O)cc1. The van der Waals surface area contributed by atoms with Crippen molar-refractivity contribution >= 4 is 5.78 Å². The van der Waals surface area contributed by atoms with Crippen LogP contribution in [0.2, 0.25) is 0 Å². The molecule has 0 heterocycles. The molecule has 0 amide bonds. The van der Waals surface area contributed by atoms with E-state index in [4.69, 9.17) is 5.26 Å². The first-order chi connectivity index (χ1) is 8.72. The second kappa shape index (κ2) is 5.79. The van der Waals surface area contributed by atoms with Gasteiger partial charge in [0, 0.05) is 12.3 Å². The quantitative estimate of drug-likeness (QED) is 0.812. The fourth-order valence-electron chi connectivity index (χ4n) is 2.51. The lowest BCUT2D eigenvalue weighted by atomic mass is 9.88. The van der Waals surface area contributed by atoms with Gasteiger partial charge in [0.2, 0.25) is 0 Å². The van der Waals surface area contributed by atoms with Crippen LogP contribution in [0.4, 0.5) is 0 Å². The molecule has 1 aromatic carbocycles. The van der Waals surface area contributed by atoms with Gasteiger partial charge in [-0.15, -0.1) is 0 Å². The molecular formula is C15H17NO2. The number of Topliss-reactive ketones (excluding diaryl/α,β-unsaturated/α-hetero) is 1. The van der Waals surface area contributed by atoms with Gasteiger partial charge in [-0.3, -0.25) is 4.79 Å². The minimum Gasteiger partial charge on any atom is -0.388 e. The second-order valence-electron chi connectivity index (χ2n) is 4.85. The lowest BCUT2D eigenvalue weighted by Crippen LogP contribution is -2.21. The average Bonchev–Trinajstić information content (AvgIpc) is 2.63.